The van der Waals surface area contributed by atoms with Gasteiger partial charge in [-0.2, -0.15) is 0 Å². The maximum atomic E-state index is 12.5. The second kappa shape index (κ2) is 4.94. The Bertz CT molecular complexity index is 564. The standard InChI is InChI=1S/C15H17NO2S/c1-10-8-16(9-11(2)18-10)15(17)14-7-12-5-3-4-6-13(12)19-14/h3-7,10-11H,8-9H2,1-2H3. The van der Waals surface area contributed by atoms with Crippen molar-refractivity contribution in [1.29, 1.82) is 0 Å². The molecule has 0 radical (unpaired) electrons. The van der Waals surface area contributed by atoms with Crippen molar-refractivity contribution >= 4 is 27.3 Å². The summed E-state index contributed by atoms with van der Waals surface area (Å²) in [4.78, 5) is 15.3. The number of hydrogen-bond donors (Lipinski definition) is 0. The van der Waals surface area contributed by atoms with Gasteiger partial charge < -0.3 is 9.64 Å². The van der Waals surface area contributed by atoms with Crippen LogP contribution in [-0.4, -0.2) is 36.1 Å². The third-order valence-corrected chi connectivity index (χ3v) is 4.45. The van der Waals surface area contributed by atoms with Gasteiger partial charge in [-0.25, -0.2) is 0 Å². The Balaban J connectivity index is 1.86. The van der Waals surface area contributed by atoms with Gasteiger partial charge in [0.25, 0.3) is 5.91 Å². The van der Waals surface area contributed by atoms with Crippen molar-refractivity contribution < 1.29 is 9.53 Å². The van der Waals surface area contributed by atoms with E-state index in [9.17, 15) is 4.79 Å². The molecule has 2 unspecified atom stereocenters. The van der Waals surface area contributed by atoms with E-state index in [1.54, 1.807) is 11.3 Å². The fraction of sp³-hybridized carbons (Fsp3) is 0.400. The molecule has 3 rings (SSSR count). The molecule has 2 heterocycles. The summed E-state index contributed by atoms with van der Waals surface area (Å²) in [5.74, 6) is 0.128. The summed E-state index contributed by atoms with van der Waals surface area (Å²) >= 11 is 1.57. The lowest BCUT2D eigenvalue weighted by Gasteiger charge is -2.35. The third kappa shape index (κ3) is 2.51. The molecule has 1 aliphatic heterocycles. The fourth-order valence-electron chi connectivity index (χ4n) is 2.59. The predicted octanol–water partition coefficient (Wildman–Crippen LogP) is 3.15. The van der Waals surface area contributed by atoms with Crippen LogP contribution in [0.3, 0.4) is 0 Å². The number of hydrogen-bond acceptors (Lipinski definition) is 3. The molecule has 0 bridgehead atoms. The average Bonchev–Trinajstić information content (AvgIpc) is 2.80. The molecular formula is C15H17NO2S. The number of carbonyl (C=O) groups excluding carboxylic acids is 1. The number of thiophene rings is 1. The van der Waals surface area contributed by atoms with Gasteiger partial charge in [0.15, 0.2) is 0 Å². The Hall–Kier alpha value is -1.39. The molecule has 1 aromatic carbocycles. The first kappa shape index (κ1) is 12.6. The fourth-order valence-corrected chi connectivity index (χ4v) is 3.62. The van der Waals surface area contributed by atoms with Crippen LogP contribution in [0, 0.1) is 0 Å². The van der Waals surface area contributed by atoms with Gasteiger partial charge in [-0.15, -0.1) is 11.3 Å². The van der Waals surface area contributed by atoms with Gasteiger partial charge in [0, 0.05) is 17.8 Å². The molecule has 1 amide bonds. The molecule has 1 aliphatic rings. The molecule has 4 heteroatoms. The van der Waals surface area contributed by atoms with E-state index in [1.807, 2.05) is 43.0 Å². The van der Waals surface area contributed by atoms with Crippen LogP contribution in [0.1, 0.15) is 23.5 Å². The van der Waals surface area contributed by atoms with Crippen molar-refractivity contribution in [2.24, 2.45) is 0 Å². The zero-order valence-corrected chi connectivity index (χ0v) is 11.9. The Morgan fingerprint density at radius 1 is 1.26 bits per heavy atom. The van der Waals surface area contributed by atoms with E-state index in [0.29, 0.717) is 13.1 Å². The summed E-state index contributed by atoms with van der Waals surface area (Å²) in [5, 5.41) is 1.14. The Labute approximate surface area is 116 Å². The number of fused-ring (bicyclic) bond motifs is 1. The summed E-state index contributed by atoms with van der Waals surface area (Å²) in [5.41, 5.74) is 0. The van der Waals surface area contributed by atoms with Crippen molar-refractivity contribution in [2.45, 2.75) is 26.1 Å². The van der Waals surface area contributed by atoms with E-state index in [-0.39, 0.29) is 18.1 Å². The summed E-state index contributed by atoms with van der Waals surface area (Å²) in [6.45, 7) is 5.39. The molecule has 1 saturated heterocycles. The number of nitrogens with zero attached hydrogens (tertiary/aromatic N) is 1. The first-order valence-electron chi connectivity index (χ1n) is 6.57. The van der Waals surface area contributed by atoms with Gasteiger partial charge in [0.05, 0.1) is 17.1 Å². The second-order valence-electron chi connectivity index (χ2n) is 5.12. The van der Waals surface area contributed by atoms with E-state index in [1.165, 1.54) is 4.70 Å². The van der Waals surface area contributed by atoms with Crippen LogP contribution in [0.2, 0.25) is 0 Å². The maximum Gasteiger partial charge on any atom is 0.264 e. The molecule has 0 saturated carbocycles. The summed E-state index contributed by atoms with van der Waals surface area (Å²) in [7, 11) is 0. The minimum absolute atomic E-state index is 0.113. The summed E-state index contributed by atoms with van der Waals surface area (Å²) in [6, 6.07) is 10.1. The van der Waals surface area contributed by atoms with E-state index < -0.39 is 0 Å². The molecular weight excluding hydrogens is 258 g/mol. The highest BCUT2D eigenvalue weighted by Gasteiger charge is 2.27. The van der Waals surface area contributed by atoms with Crippen LogP contribution in [0.25, 0.3) is 10.1 Å². The minimum atomic E-state index is 0.113. The number of morpholine rings is 1. The largest absolute Gasteiger partial charge is 0.372 e. The number of carbonyl (C=O) groups is 1. The van der Waals surface area contributed by atoms with Gasteiger partial charge in [-0.1, -0.05) is 18.2 Å². The zero-order chi connectivity index (χ0) is 13.4. The Morgan fingerprint density at radius 2 is 1.95 bits per heavy atom. The maximum absolute atomic E-state index is 12.5. The van der Waals surface area contributed by atoms with Gasteiger partial charge in [-0.3, -0.25) is 4.79 Å². The number of benzene rings is 1. The molecule has 100 valence electrons. The van der Waals surface area contributed by atoms with Gasteiger partial charge in [-0.05, 0) is 31.4 Å². The number of rotatable bonds is 1. The number of amides is 1. The quantitative estimate of drug-likeness (QED) is 0.800. The first-order chi connectivity index (χ1) is 9.13. The first-order valence-corrected chi connectivity index (χ1v) is 7.38. The highest BCUT2D eigenvalue weighted by atomic mass is 32.1. The molecule has 19 heavy (non-hydrogen) atoms. The van der Waals surface area contributed by atoms with Gasteiger partial charge in [0.2, 0.25) is 0 Å². The van der Waals surface area contributed by atoms with Crippen molar-refractivity contribution in [3.05, 3.63) is 35.2 Å². The normalized spacial score (nSPS) is 23.8. The van der Waals surface area contributed by atoms with E-state index in [0.717, 1.165) is 10.3 Å². The SMILES string of the molecule is CC1CN(C(=O)c2cc3ccccc3s2)CC(C)O1. The highest BCUT2D eigenvalue weighted by molar-refractivity contribution is 7.20. The molecule has 1 fully saturated rings. The lowest BCUT2D eigenvalue weighted by atomic mass is 10.2. The molecule has 0 aliphatic carbocycles. The van der Waals surface area contributed by atoms with Crippen LogP contribution >= 0.6 is 11.3 Å². The van der Waals surface area contributed by atoms with Crippen molar-refractivity contribution in [3.8, 4) is 0 Å². The Kier molecular flexibility index (Phi) is 3.29. The van der Waals surface area contributed by atoms with Crippen molar-refractivity contribution in [1.82, 2.24) is 4.90 Å². The second-order valence-corrected chi connectivity index (χ2v) is 6.20. The summed E-state index contributed by atoms with van der Waals surface area (Å²) < 4.78 is 6.84. The lowest BCUT2D eigenvalue weighted by Crippen LogP contribution is -2.48. The molecule has 0 N–H and O–H groups in total. The van der Waals surface area contributed by atoms with Crippen LogP contribution < -0.4 is 0 Å². The molecule has 0 spiro atoms. The van der Waals surface area contributed by atoms with E-state index in [2.05, 4.69) is 6.07 Å². The van der Waals surface area contributed by atoms with Crippen LogP contribution in [-0.2, 0) is 4.74 Å². The van der Waals surface area contributed by atoms with Crippen molar-refractivity contribution in [3.63, 3.8) is 0 Å². The molecule has 1 aromatic heterocycles. The third-order valence-electron chi connectivity index (χ3n) is 3.34. The zero-order valence-electron chi connectivity index (χ0n) is 11.1. The smallest absolute Gasteiger partial charge is 0.264 e. The van der Waals surface area contributed by atoms with Gasteiger partial charge in [0.1, 0.15) is 0 Å². The highest BCUT2D eigenvalue weighted by Crippen LogP contribution is 2.27. The van der Waals surface area contributed by atoms with Crippen molar-refractivity contribution in [2.75, 3.05) is 13.1 Å². The van der Waals surface area contributed by atoms with E-state index in [4.69, 9.17) is 4.74 Å². The van der Waals surface area contributed by atoms with Gasteiger partial charge >= 0.3 is 0 Å². The average molecular weight is 275 g/mol. The predicted molar refractivity (Wildman–Crippen MR) is 77.7 cm³/mol. The molecule has 2 aromatic rings. The van der Waals surface area contributed by atoms with Crippen LogP contribution in [0.4, 0.5) is 0 Å². The van der Waals surface area contributed by atoms with Crippen LogP contribution in [0.5, 0.6) is 0 Å². The lowest BCUT2D eigenvalue weighted by molar-refractivity contribution is -0.0585. The monoisotopic (exact) mass is 275 g/mol. The Morgan fingerprint density at radius 3 is 2.63 bits per heavy atom. The topological polar surface area (TPSA) is 29.5 Å². The van der Waals surface area contributed by atoms with E-state index >= 15 is 0 Å². The number of ether oxygens (including phenoxy) is 1. The summed E-state index contributed by atoms with van der Waals surface area (Å²) in [6.07, 6.45) is 0.226. The molecule has 2 atom stereocenters. The molecule has 3 nitrogen and oxygen atoms in total. The van der Waals surface area contributed by atoms with Crippen LogP contribution in [0.15, 0.2) is 30.3 Å². The minimum Gasteiger partial charge on any atom is -0.372 e.